The van der Waals surface area contributed by atoms with Gasteiger partial charge in [-0.05, 0) is 12.8 Å². The molecule has 0 radical (unpaired) electrons. The number of aliphatic hydroxyl groups excluding tert-OH is 2. The first-order chi connectivity index (χ1) is 7.02. The first kappa shape index (κ1) is 13.9. The van der Waals surface area contributed by atoms with Gasteiger partial charge in [-0.1, -0.05) is 27.7 Å². The Balaban J connectivity index is 4.16. The Hall–Kier alpha value is -1.12. The number of aliphatic hydroxyl groups is 2. The van der Waals surface area contributed by atoms with E-state index in [2.05, 4.69) is 0 Å². The highest BCUT2D eigenvalue weighted by Gasteiger charge is 2.05. The minimum Gasteiger partial charge on any atom is -0.509 e. The summed E-state index contributed by atoms with van der Waals surface area (Å²) in [4.78, 5) is 0. The summed E-state index contributed by atoms with van der Waals surface area (Å²) in [6, 6.07) is 0. The van der Waals surface area contributed by atoms with Gasteiger partial charge in [-0.25, -0.2) is 0 Å². The fourth-order valence-corrected chi connectivity index (χ4v) is 0.824. The van der Waals surface area contributed by atoms with E-state index in [4.69, 9.17) is 4.74 Å². The van der Waals surface area contributed by atoms with Gasteiger partial charge < -0.3 is 14.9 Å². The molecule has 3 heteroatoms. The molecule has 0 fully saturated rings. The molecule has 0 aliphatic rings. The summed E-state index contributed by atoms with van der Waals surface area (Å²) in [5.41, 5.74) is 0. The molecule has 88 valence electrons. The highest BCUT2D eigenvalue weighted by molar-refractivity contribution is 4.94. The van der Waals surface area contributed by atoms with Crippen LogP contribution in [0.1, 0.15) is 40.5 Å². The van der Waals surface area contributed by atoms with Crippen molar-refractivity contribution in [2.45, 2.75) is 40.5 Å². The van der Waals surface area contributed by atoms with Crippen LogP contribution in [0.2, 0.25) is 0 Å². The predicted octanol–water partition coefficient (Wildman–Crippen LogP) is 3.89. The fraction of sp³-hybridized carbons (Fsp3) is 0.667. The van der Waals surface area contributed by atoms with Crippen molar-refractivity contribution in [3.05, 3.63) is 24.0 Å². The molecule has 0 saturated heterocycles. The van der Waals surface area contributed by atoms with Gasteiger partial charge >= 0.3 is 0 Å². The van der Waals surface area contributed by atoms with Crippen LogP contribution in [0.15, 0.2) is 24.0 Å². The van der Waals surface area contributed by atoms with Crippen molar-refractivity contribution in [1.29, 1.82) is 0 Å². The molecule has 0 amide bonds. The van der Waals surface area contributed by atoms with Gasteiger partial charge in [0.2, 0.25) is 0 Å². The molecule has 0 aliphatic carbocycles. The Bertz CT molecular complexity index is 207. The molecule has 0 aromatic heterocycles. The lowest BCUT2D eigenvalue weighted by molar-refractivity contribution is 0.263. The standard InChI is InChI=1S/C12H22O3/c1-5-9(3)11(13)7-15-8-12(14)10(4)6-2/h7-10,13-14H,5-6H2,1-4H3/b11-7+,12-8+. The lowest BCUT2D eigenvalue weighted by Crippen LogP contribution is -1.98. The van der Waals surface area contributed by atoms with Gasteiger partial charge in [-0.15, -0.1) is 0 Å². The highest BCUT2D eigenvalue weighted by atomic mass is 16.5. The van der Waals surface area contributed by atoms with E-state index in [1.165, 1.54) is 12.5 Å². The molecule has 0 rings (SSSR count). The van der Waals surface area contributed by atoms with Crippen LogP contribution >= 0.6 is 0 Å². The summed E-state index contributed by atoms with van der Waals surface area (Å²) in [7, 11) is 0. The second kappa shape index (κ2) is 7.21. The first-order valence-electron chi connectivity index (χ1n) is 5.46. The van der Waals surface area contributed by atoms with E-state index in [9.17, 15) is 10.2 Å². The van der Waals surface area contributed by atoms with Gasteiger partial charge in [0.15, 0.2) is 0 Å². The zero-order chi connectivity index (χ0) is 11.8. The topological polar surface area (TPSA) is 49.7 Å². The molecule has 2 atom stereocenters. The predicted molar refractivity (Wildman–Crippen MR) is 61.4 cm³/mol. The molecule has 0 aromatic rings. The van der Waals surface area contributed by atoms with Crippen molar-refractivity contribution in [3.8, 4) is 0 Å². The third-order valence-corrected chi connectivity index (χ3v) is 2.61. The van der Waals surface area contributed by atoms with Crippen molar-refractivity contribution in [3.63, 3.8) is 0 Å². The summed E-state index contributed by atoms with van der Waals surface area (Å²) >= 11 is 0. The molecule has 15 heavy (non-hydrogen) atoms. The second-order valence-electron chi connectivity index (χ2n) is 3.84. The molecule has 0 bridgehead atoms. The van der Waals surface area contributed by atoms with Gasteiger partial charge in [0.25, 0.3) is 0 Å². The third kappa shape index (κ3) is 5.35. The zero-order valence-corrected chi connectivity index (χ0v) is 10.0. The van der Waals surface area contributed by atoms with Crippen LogP contribution < -0.4 is 0 Å². The molecule has 0 heterocycles. The maximum atomic E-state index is 9.45. The fourth-order valence-electron chi connectivity index (χ4n) is 0.824. The van der Waals surface area contributed by atoms with Crippen LogP contribution in [-0.2, 0) is 4.74 Å². The molecule has 0 saturated carbocycles. The largest absolute Gasteiger partial charge is 0.509 e. The monoisotopic (exact) mass is 214 g/mol. The van der Waals surface area contributed by atoms with Gasteiger partial charge in [-0.2, -0.15) is 0 Å². The van der Waals surface area contributed by atoms with E-state index < -0.39 is 0 Å². The minimum absolute atomic E-state index is 0.0872. The molecule has 0 aliphatic heterocycles. The van der Waals surface area contributed by atoms with Gasteiger partial charge in [0.1, 0.15) is 24.0 Å². The summed E-state index contributed by atoms with van der Waals surface area (Å²) in [6.45, 7) is 7.79. The molecule has 0 aromatic carbocycles. The number of hydrogen-bond donors (Lipinski definition) is 2. The number of allylic oxidation sites excluding steroid dienone is 2. The van der Waals surface area contributed by atoms with Gasteiger partial charge in [-0.3, -0.25) is 0 Å². The second-order valence-corrected chi connectivity index (χ2v) is 3.84. The van der Waals surface area contributed by atoms with E-state index in [-0.39, 0.29) is 23.4 Å². The van der Waals surface area contributed by atoms with E-state index in [0.717, 1.165) is 12.8 Å². The smallest absolute Gasteiger partial charge is 0.130 e. The quantitative estimate of drug-likeness (QED) is 0.659. The lowest BCUT2D eigenvalue weighted by Gasteiger charge is -2.08. The van der Waals surface area contributed by atoms with Crippen molar-refractivity contribution in [2.24, 2.45) is 11.8 Å². The Morgan fingerprint density at radius 3 is 1.60 bits per heavy atom. The Labute approximate surface area is 92.1 Å². The van der Waals surface area contributed by atoms with Crippen LogP contribution in [0.3, 0.4) is 0 Å². The summed E-state index contributed by atoms with van der Waals surface area (Å²) in [6.07, 6.45) is 4.25. The van der Waals surface area contributed by atoms with Crippen LogP contribution in [-0.4, -0.2) is 10.2 Å². The molecule has 2 N–H and O–H groups in total. The van der Waals surface area contributed by atoms with Crippen LogP contribution in [0.4, 0.5) is 0 Å². The summed E-state index contributed by atoms with van der Waals surface area (Å²) in [5, 5.41) is 18.9. The molecule has 2 unspecified atom stereocenters. The number of hydrogen-bond acceptors (Lipinski definition) is 3. The van der Waals surface area contributed by atoms with E-state index >= 15 is 0 Å². The maximum absolute atomic E-state index is 9.45. The average molecular weight is 214 g/mol. The molecular formula is C12H22O3. The SMILES string of the molecule is CCC(C)/C(O)=C\O/C=C(/O)C(C)CC. The molecule has 3 nitrogen and oxygen atoms in total. The first-order valence-corrected chi connectivity index (χ1v) is 5.46. The lowest BCUT2D eigenvalue weighted by atomic mass is 10.1. The van der Waals surface area contributed by atoms with Gasteiger partial charge in [0.05, 0.1) is 0 Å². The Kier molecular flexibility index (Phi) is 6.67. The van der Waals surface area contributed by atoms with Crippen LogP contribution in [0.5, 0.6) is 0 Å². The summed E-state index contributed by atoms with van der Waals surface area (Å²) < 4.78 is 4.98. The average Bonchev–Trinajstić information content (AvgIpc) is 2.26. The van der Waals surface area contributed by atoms with E-state index in [0.29, 0.717) is 0 Å². The van der Waals surface area contributed by atoms with E-state index in [1.54, 1.807) is 0 Å². The molecular weight excluding hydrogens is 192 g/mol. The maximum Gasteiger partial charge on any atom is 0.130 e. The van der Waals surface area contributed by atoms with Crippen LogP contribution in [0.25, 0.3) is 0 Å². The zero-order valence-electron chi connectivity index (χ0n) is 10.0. The van der Waals surface area contributed by atoms with Crippen molar-refractivity contribution < 1.29 is 14.9 Å². The van der Waals surface area contributed by atoms with Crippen molar-refractivity contribution in [1.82, 2.24) is 0 Å². The van der Waals surface area contributed by atoms with Crippen molar-refractivity contribution >= 4 is 0 Å². The molecule has 0 spiro atoms. The Morgan fingerprint density at radius 2 is 1.33 bits per heavy atom. The normalized spacial score (nSPS) is 17.3. The van der Waals surface area contributed by atoms with Crippen LogP contribution in [0, 0.1) is 11.8 Å². The van der Waals surface area contributed by atoms with E-state index in [1.807, 2.05) is 27.7 Å². The highest BCUT2D eigenvalue weighted by Crippen LogP contribution is 2.13. The van der Waals surface area contributed by atoms with Crippen molar-refractivity contribution in [2.75, 3.05) is 0 Å². The van der Waals surface area contributed by atoms with Gasteiger partial charge in [0, 0.05) is 11.8 Å². The number of ether oxygens (including phenoxy) is 1. The third-order valence-electron chi connectivity index (χ3n) is 2.61. The Morgan fingerprint density at radius 1 is 1.00 bits per heavy atom. The summed E-state index contributed by atoms with van der Waals surface area (Å²) in [5.74, 6) is 0.574. The number of rotatable bonds is 6. The minimum atomic E-state index is 0.0872.